The Bertz CT molecular complexity index is 903. The van der Waals surface area contributed by atoms with Gasteiger partial charge >= 0.3 is 0 Å². The number of carbonyl (C=O) groups is 1. The molecule has 0 aliphatic carbocycles. The number of para-hydroxylation sites is 1. The van der Waals surface area contributed by atoms with E-state index in [9.17, 15) is 9.59 Å². The lowest BCUT2D eigenvalue weighted by molar-refractivity contribution is 0.0992. The van der Waals surface area contributed by atoms with Crippen LogP contribution in [0.2, 0.25) is 5.02 Å². The van der Waals surface area contributed by atoms with Crippen molar-refractivity contribution in [1.29, 1.82) is 0 Å². The first-order chi connectivity index (χ1) is 10.6. The van der Waals surface area contributed by atoms with Crippen LogP contribution in [0.1, 0.15) is 10.4 Å². The van der Waals surface area contributed by atoms with Crippen LogP contribution in [-0.4, -0.2) is 17.9 Å². The Morgan fingerprint density at radius 1 is 1.14 bits per heavy atom. The fraction of sp³-hybridized carbons (Fsp3) is 0.0588. The van der Waals surface area contributed by atoms with E-state index in [-0.39, 0.29) is 16.9 Å². The highest BCUT2D eigenvalue weighted by Gasteiger charge is 2.18. The van der Waals surface area contributed by atoms with Crippen molar-refractivity contribution in [3.8, 4) is 0 Å². The summed E-state index contributed by atoms with van der Waals surface area (Å²) in [5.41, 5.74) is 1.12. The molecule has 0 unspecified atom stereocenters. The van der Waals surface area contributed by atoms with Gasteiger partial charge in [-0.15, -0.1) is 0 Å². The molecule has 110 valence electrons. The number of aromatic nitrogens is 1. The smallest absolute Gasteiger partial charge is 0.263 e. The predicted octanol–water partition coefficient (Wildman–Crippen LogP) is 3.46. The lowest BCUT2D eigenvalue weighted by Crippen LogP contribution is -2.31. The Morgan fingerprint density at radius 3 is 2.59 bits per heavy atom. The molecule has 3 aromatic rings. The van der Waals surface area contributed by atoms with Crippen LogP contribution in [0.3, 0.4) is 0 Å². The molecule has 0 saturated carbocycles. The van der Waals surface area contributed by atoms with E-state index >= 15 is 0 Å². The highest BCUT2D eigenvalue weighted by molar-refractivity contribution is 6.31. The summed E-state index contributed by atoms with van der Waals surface area (Å²) in [7, 11) is 1.64. The van der Waals surface area contributed by atoms with Gasteiger partial charge in [-0.05, 0) is 30.3 Å². The Morgan fingerprint density at radius 2 is 1.86 bits per heavy atom. The number of aromatic amines is 1. The van der Waals surface area contributed by atoms with Crippen LogP contribution in [0.15, 0.2) is 59.5 Å². The molecule has 3 rings (SSSR count). The maximum atomic E-state index is 12.6. The van der Waals surface area contributed by atoms with Crippen molar-refractivity contribution in [1.82, 2.24) is 4.98 Å². The van der Waals surface area contributed by atoms with E-state index in [1.807, 2.05) is 30.3 Å². The topological polar surface area (TPSA) is 53.2 Å². The zero-order chi connectivity index (χ0) is 15.7. The van der Waals surface area contributed by atoms with E-state index in [1.54, 1.807) is 25.2 Å². The standard InChI is InChI=1S/C17H13ClN2O2/c1-20(12-5-3-2-4-6-12)17(22)14-10-19-15-8-7-11(18)9-13(15)16(14)21/h2-10H,1H3,(H,19,21). The molecule has 0 atom stereocenters. The van der Waals surface area contributed by atoms with Crippen LogP contribution in [0.25, 0.3) is 10.9 Å². The predicted molar refractivity (Wildman–Crippen MR) is 88.8 cm³/mol. The van der Waals surface area contributed by atoms with E-state index in [0.717, 1.165) is 5.69 Å². The van der Waals surface area contributed by atoms with Crippen LogP contribution in [-0.2, 0) is 0 Å². The van der Waals surface area contributed by atoms with Gasteiger partial charge in [0.15, 0.2) is 0 Å². The zero-order valence-electron chi connectivity index (χ0n) is 11.8. The average Bonchev–Trinajstić information content (AvgIpc) is 2.55. The molecule has 1 aromatic heterocycles. The molecular formula is C17H13ClN2O2. The summed E-state index contributed by atoms with van der Waals surface area (Å²) in [6, 6.07) is 14.1. The number of pyridine rings is 1. The van der Waals surface area contributed by atoms with Gasteiger partial charge in [0.1, 0.15) is 5.56 Å². The molecule has 0 saturated heterocycles. The van der Waals surface area contributed by atoms with Crippen molar-refractivity contribution < 1.29 is 4.79 Å². The lowest BCUT2D eigenvalue weighted by Gasteiger charge is -2.17. The van der Waals surface area contributed by atoms with Crippen molar-refractivity contribution in [2.45, 2.75) is 0 Å². The summed E-state index contributed by atoms with van der Waals surface area (Å²) >= 11 is 5.93. The second-order valence-electron chi connectivity index (χ2n) is 4.92. The third-order valence-electron chi connectivity index (χ3n) is 3.52. The third kappa shape index (κ3) is 2.49. The number of rotatable bonds is 2. The molecule has 0 aliphatic heterocycles. The number of nitrogens with zero attached hydrogens (tertiary/aromatic N) is 1. The summed E-state index contributed by atoms with van der Waals surface area (Å²) in [5, 5.41) is 0.860. The number of H-pyrrole nitrogens is 1. The molecule has 0 spiro atoms. The Hall–Kier alpha value is -2.59. The minimum absolute atomic E-state index is 0.0844. The summed E-state index contributed by atoms with van der Waals surface area (Å²) < 4.78 is 0. The summed E-state index contributed by atoms with van der Waals surface area (Å²) in [6.07, 6.45) is 1.44. The molecule has 1 amide bonds. The highest BCUT2D eigenvalue weighted by Crippen LogP contribution is 2.17. The number of anilines is 1. The number of benzene rings is 2. The molecule has 1 N–H and O–H groups in total. The number of amides is 1. The second kappa shape index (κ2) is 5.66. The number of hydrogen-bond acceptors (Lipinski definition) is 2. The molecule has 22 heavy (non-hydrogen) atoms. The molecule has 2 aromatic carbocycles. The molecule has 0 fully saturated rings. The third-order valence-corrected chi connectivity index (χ3v) is 3.76. The number of carbonyl (C=O) groups excluding carboxylic acids is 1. The average molecular weight is 313 g/mol. The fourth-order valence-corrected chi connectivity index (χ4v) is 2.47. The monoisotopic (exact) mass is 312 g/mol. The van der Waals surface area contributed by atoms with Crippen LogP contribution in [0, 0.1) is 0 Å². The van der Waals surface area contributed by atoms with Gasteiger partial charge in [-0.25, -0.2) is 0 Å². The van der Waals surface area contributed by atoms with Crippen molar-refractivity contribution >= 4 is 34.1 Å². The Balaban J connectivity index is 2.08. The first-order valence-electron chi connectivity index (χ1n) is 6.72. The summed E-state index contributed by atoms with van der Waals surface area (Å²) in [6.45, 7) is 0. The summed E-state index contributed by atoms with van der Waals surface area (Å²) in [4.78, 5) is 29.5. The van der Waals surface area contributed by atoms with Crippen molar-refractivity contribution in [2.75, 3.05) is 11.9 Å². The van der Waals surface area contributed by atoms with Crippen LogP contribution in [0.4, 0.5) is 5.69 Å². The molecule has 5 heteroatoms. The van der Waals surface area contributed by atoms with E-state index < -0.39 is 0 Å². The molecular weight excluding hydrogens is 300 g/mol. The number of halogens is 1. The lowest BCUT2D eigenvalue weighted by atomic mass is 10.1. The van der Waals surface area contributed by atoms with Gasteiger partial charge in [-0.3, -0.25) is 9.59 Å². The first kappa shape index (κ1) is 14.4. The van der Waals surface area contributed by atoms with Crippen LogP contribution in [0.5, 0.6) is 0 Å². The Kier molecular flexibility index (Phi) is 3.69. The number of hydrogen-bond donors (Lipinski definition) is 1. The maximum Gasteiger partial charge on any atom is 0.263 e. The molecule has 0 radical (unpaired) electrons. The normalized spacial score (nSPS) is 10.6. The van der Waals surface area contributed by atoms with E-state index in [1.165, 1.54) is 11.1 Å². The van der Waals surface area contributed by atoms with Crippen LogP contribution < -0.4 is 10.3 Å². The number of fused-ring (bicyclic) bond motifs is 1. The SMILES string of the molecule is CN(C(=O)c1c[nH]c2ccc(Cl)cc2c1=O)c1ccccc1. The summed E-state index contributed by atoms with van der Waals surface area (Å²) in [5.74, 6) is -0.366. The van der Waals surface area contributed by atoms with Gasteiger partial charge in [0, 0.05) is 34.9 Å². The van der Waals surface area contributed by atoms with Crippen molar-refractivity contribution in [2.24, 2.45) is 0 Å². The van der Waals surface area contributed by atoms with Gasteiger partial charge in [0.05, 0.1) is 0 Å². The number of nitrogens with one attached hydrogen (secondary N) is 1. The maximum absolute atomic E-state index is 12.6. The quantitative estimate of drug-likeness (QED) is 0.788. The van der Waals surface area contributed by atoms with Gasteiger partial charge in [0.2, 0.25) is 5.43 Å². The van der Waals surface area contributed by atoms with E-state index in [4.69, 9.17) is 11.6 Å². The van der Waals surface area contributed by atoms with Gasteiger partial charge in [-0.1, -0.05) is 29.8 Å². The van der Waals surface area contributed by atoms with Gasteiger partial charge < -0.3 is 9.88 Å². The fourth-order valence-electron chi connectivity index (χ4n) is 2.30. The first-order valence-corrected chi connectivity index (χ1v) is 7.10. The minimum atomic E-state index is -0.366. The largest absolute Gasteiger partial charge is 0.360 e. The van der Waals surface area contributed by atoms with Gasteiger partial charge in [0.25, 0.3) is 5.91 Å². The molecule has 1 heterocycles. The molecule has 0 bridgehead atoms. The molecule has 4 nitrogen and oxygen atoms in total. The van der Waals surface area contributed by atoms with Gasteiger partial charge in [-0.2, -0.15) is 0 Å². The van der Waals surface area contributed by atoms with Crippen LogP contribution >= 0.6 is 11.6 Å². The zero-order valence-corrected chi connectivity index (χ0v) is 12.6. The van der Waals surface area contributed by atoms with Crippen molar-refractivity contribution in [3.05, 3.63) is 75.5 Å². The van der Waals surface area contributed by atoms with Crippen molar-refractivity contribution in [3.63, 3.8) is 0 Å². The van der Waals surface area contributed by atoms with E-state index in [0.29, 0.717) is 15.9 Å². The Labute approximate surface area is 132 Å². The van der Waals surface area contributed by atoms with E-state index in [2.05, 4.69) is 4.98 Å². The highest BCUT2D eigenvalue weighted by atomic mass is 35.5. The second-order valence-corrected chi connectivity index (χ2v) is 5.36. The molecule has 0 aliphatic rings. The minimum Gasteiger partial charge on any atom is -0.360 e.